The molecule has 0 radical (unpaired) electrons. The standard InChI is InChI=1S/C7H9ClO3/c1-11-7(10)5-3-2-4-6(8)9/h2,4H,3,5H2,1H3. The molecule has 0 spiro atoms. The first-order valence-corrected chi connectivity index (χ1v) is 3.47. The molecule has 0 rings (SSSR count). The molecule has 3 nitrogen and oxygen atoms in total. The second-order valence-corrected chi connectivity index (χ2v) is 2.19. The number of carbonyl (C=O) groups excluding carboxylic acids is 2. The average molecular weight is 177 g/mol. The van der Waals surface area contributed by atoms with Crippen molar-refractivity contribution in [3.63, 3.8) is 0 Å². The molecule has 0 heterocycles. The van der Waals surface area contributed by atoms with Crippen molar-refractivity contribution < 1.29 is 14.3 Å². The minimum Gasteiger partial charge on any atom is -0.469 e. The van der Waals surface area contributed by atoms with Crippen LogP contribution in [0.25, 0.3) is 0 Å². The number of hydrogen-bond donors (Lipinski definition) is 0. The van der Waals surface area contributed by atoms with Crippen LogP contribution in [0.5, 0.6) is 0 Å². The third-order valence-electron chi connectivity index (χ3n) is 0.992. The van der Waals surface area contributed by atoms with E-state index in [-0.39, 0.29) is 12.4 Å². The molecule has 0 saturated carbocycles. The zero-order chi connectivity index (χ0) is 8.69. The maximum atomic E-state index is 10.5. The maximum Gasteiger partial charge on any atom is 0.305 e. The van der Waals surface area contributed by atoms with E-state index in [4.69, 9.17) is 11.6 Å². The molecular weight excluding hydrogens is 168 g/mol. The maximum absolute atomic E-state index is 10.5. The van der Waals surface area contributed by atoms with E-state index in [9.17, 15) is 9.59 Å². The van der Waals surface area contributed by atoms with Gasteiger partial charge in [-0.05, 0) is 24.1 Å². The summed E-state index contributed by atoms with van der Waals surface area (Å²) >= 11 is 4.99. The van der Waals surface area contributed by atoms with Crippen LogP contribution in [0.2, 0.25) is 0 Å². The van der Waals surface area contributed by atoms with Crippen LogP contribution in [0.3, 0.4) is 0 Å². The van der Waals surface area contributed by atoms with Crippen LogP contribution in [0.15, 0.2) is 12.2 Å². The summed E-state index contributed by atoms with van der Waals surface area (Å²) in [5, 5.41) is -0.533. The average Bonchev–Trinajstić information content (AvgIpc) is 1.97. The van der Waals surface area contributed by atoms with Gasteiger partial charge in [-0.2, -0.15) is 0 Å². The van der Waals surface area contributed by atoms with Crippen LogP contribution in [0.1, 0.15) is 12.8 Å². The first-order chi connectivity index (χ1) is 5.16. The third-order valence-corrected chi connectivity index (χ3v) is 1.12. The van der Waals surface area contributed by atoms with E-state index in [1.807, 2.05) is 0 Å². The first kappa shape index (κ1) is 10.2. The molecule has 11 heavy (non-hydrogen) atoms. The van der Waals surface area contributed by atoms with Gasteiger partial charge in [-0.3, -0.25) is 9.59 Å². The Kier molecular flexibility index (Phi) is 5.47. The lowest BCUT2D eigenvalue weighted by molar-refractivity contribution is -0.140. The molecular formula is C7H9ClO3. The van der Waals surface area contributed by atoms with Gasteiger partial charge in [0.1, 0.15) is 0 Å². The monoisotopic (exact) mass is 176 g/mol. The number of esters is 1. The van der Waals surface area contributed by atoms with Gasteiger partial charge in [-0.25, -0.2) is 0 Å². The summed E-state index contributed by atoms with van der Waals surface area (Å²) in [4.78, 5) is 20.6. The van der Waals surface area contributed by atoms with E-state index in [0.29, 0.717) is 6.42 Å². The van der Waals surface area contributed by atoms with Gasteiger partial charge in [0.2, 0.25) is 5.24 Å². The number of halogens is 1. The number of hydrogen-bond acceptors (Lipinski definition) is 3. The molecule has 0 aromatic rings. The highest BCUT2D eigenvalue weighted by atomic mass is 35.5. The predicted molar refractivity (Wildman–Crippen MR) is 41.3 cm³/mol. The van der Waals surface area contributed by atoms with E-state index in [1.54, 1.807) is 0 Å². The number of methoxy groups -OCH3 is 1. The fourth-order valence-electron chi connectivity index (χ4n) is 0.479. The van der Waals surface area contributed by atoms with Crippen molar-refractivity contribution >= 4 is 22.8 Å². The minimum absolute atomic E-state index is 0.275. The van der Waals surface area contributed by atoms with Gasteiger partial charge in [0.25, 0.3) is 0 Å². The number of carbonyl (C=O) groups is 2. The molecule has 0 aliphatic rings. The molecule has 0 aromatic carbocycles. The highest BCUT2D eigenvalue weighted by Gasteiger charge is 1.95. The van der Waals surface area contributed by atoms with Crippen molar-refractivity contribution in [3.8, 4) is 0 Å². The predicted octanol–water partition coefficient (Wildman–Crippen LogP) is 1.26. The minimum atomic E-state index is -0.533. The molecule has 0 aromatic heterocycles. The lowest BCUT2D eigenvalue weighted by Crippen LogP contribution is -1.98. The highest BCUT2D eigenvalue weighted by molar-refractivity contribution is 6.66. The Bertz CT molecular complexity index is 175. The van der Waals surface area contributed by atoms with Crippen molar-refractivity contribution in [1.29, 1.82) is 0 Å². The molecule has 0 unspecified atom stereocenters. The summed E-state index contributed by atoms with van der Waals surface area (Å²) in [7, 11) is 1.32. The molecule has 0 bridgehead atoms. The van der Waals surface area contributed by atoms with E-state index in [0.717, 1.165) is 0 Å². The molecule has 0 aliphatic heterocycles. The summed E-state index contributed by atoms with van der Waals surface area (Å²) < 4.78 is 4.37. The Balaban J connectivity index is 3.41. The van der Waals surface area contributed by atoms with E-state index in [1.165, 1.54) is 19.3 Å². The Morgan fingerprint density at radius 2 is 2.18 bits per heavy atom. The lowest BCUT2D eigenvalue weighted by atomic mass is 10.3. The van der Waals surface area contributed by atoms with Crippen LogP contribution >= 0.6 is 11.6 Å². The lowest BCUT2D eigenvalue weighted by Gasteiger charge is -1.92. The van der Waals surface area contributed by atoms with Crippen molar-refractivity contribution in [1.82, 2.24) is 0 Å². The Hall–Kier alpha value is -0.830. The molecule has 0 amide bonds. The zero-order valence-electron chi connectivity index (χ0n) is 6.17. The molecule has 0 saturated heterocycles. The SMILES string of the molecule is COC(=O)CCC=CC(=O)Cl. The van der Waals surface area contributed by atoms with Gasteiger partial charge in [-0.15, -0.1) is 0 Å². The zero-order valence-corrected chi connectivity index (χ0v) is 6.93. The number of ether oxygens (including phenoxy) is 1. The first-order valence-electron chi connectivity index (χ1n) is 3.09. The summed E-state index contributed by atoms with van der Waals surface area (Å²) in [5.74, 6) is -0.295. The molecule has 4 heteroatoms. The van der Waals surface area contributed by atoms with Crippen molar-refractivity contribution in [2.24, 2.45) is 0 Å². The van der Waals surface area contributed by atoms with Crippen LogP contribution in [-0.4, -0.2) is 18.3 Å². The van der Waals surface area contributed by atoms with Crippen LogP contribution in [-0.2, 0) is 14.3 Å². The van der Waals surface area contributed by atoms with Crippen LogP contribution in [0, 0.1) is 0 Å². The number of rotatable bonds is 4. The largest absolute Gasteiger partial charge is 0.469 e. The number of allylic oxidation sites excluding steroid dienone is 2. The van der Waals surface area contributed by atoms with Crippen molar-refractivity contribution in [2.75, 3.05) is 7.11 Å². The van der Waals surface area contributed by atoms with Crippen LogP contribution < -0.4 is 0 Å². The highest BCUT2D eigenvalue weighted by Crippen LogP contribution is 1.94. The van der Waals surface area contributed by atoms with E-state index in [2.05, 4.69) is 4.74 Å². The van der Waals surface area contributed by atoms with Gasteiger partial charge in [0.15, 0.2) is 0 Å². The van der Waals surface area contributed by atoms with Crippen molar-refractivity contribution in [2.45, 2.75) is 12.8 Å². The molecule has 62 valence electrons. The normalized spacial score (nSPS) is 10.0. The Labute approximate surface area is 70.0 Å². The topological polar surface area (TPSA) is 43.4 Å². The third kappa shape index (κ3) is 7.06. The second kappa shape index (κ2) is 5.92. The molecule has 0 aliphatic carbocycles. The van der Waals surface area contributed by atoms with Gasteiger partial charge in [0.05, 0.1) is 7.11 Å². The smallest absolute Gasteiger partial charge is 0.305 e. The van der Waals surface area contributed by atoms with E-state index < -0.39 is 5.24 Å². The molecule has 0 N–H and O–H groups in total. The van der Waals surface area contributed by atoms with Crippen LogP contribution in [0.4, 0.5) is 0 Å². The molecule has 0 fully saturated rings. The summed E-state index contributed by atoms with van der Waals surface area (Å²) in [6.45, 7) is 0. The van der Waals surface area contributed by atoms with Gasteiger partial charge in [0, 0.05) is 6.42 Å². The van der Waals surface area contributed by atoms with Gasteiger partial charge in [-0.1, -0.05) is 6.08 Å². The second-order valence-electron chi connectivity index (χ2n) is 1.82. The fraction of sp³-hybridized carbons (Fsp3) is 0.429. The summed E-state index contributed by atoms with van der Waals surface area (Å²) in [6, 6.07) is 0. The van der Waals surface area contributed by atoms with E-state index >= 15 is 0 Å². The van der Waals surface area contributed by atoms with Gasteiger partial charge >= 0.3 is 5.97 Å². The Morgan fingerprint density at radius 3 is 2.64 bits per heavy atom. The summed E-state index contributed by atoms with van der Waals surface area (Å²) in [5.41, 5.74) is 0. The molecule has 0 atom stereocenters. The summed E-state index contributed by atoms with van der Waals surface area (Å²) in [6.07, 6.45) is 3.50. The fourth-order valence-corrected chi connectivity index (χ4v) is 0.568. The van der Waals surface area contributed by atoms with Gasteiger partial charge < -0.3 is 4.74 Å². The quantitative estimate of drug-likeness (QED) is 0.368. The van der Waals surface area contributed by atoms with Crippen molar-refractivity contribution in [3.05, 3.63) is 12.2 Å². The Morgan fingerprint density at radius 1 is 1.55 bits per heavy atom.